The molecule has 0 unspecified atom stereocenters. The van der Waals surface area contributed by atoms with Crippen LogP contribution in [0.15, 0.2) is 48.5 Å². The van der Waals surface area contributed by atoms with Crippen LogP contribution in [0.25, 0.3) is 0 Å². The molecule has 15 nitrogen and oxygen atoms in total. The quantitative estimate of drug-likeness (QED) is 0.136. The molecule has 0 saturated carbocycles. The summed E-state index contributed by atoms with van der Waals surface area (Å²) in [7, 11) is 0. The van der Waals surface area contributed by atoms with Gasteiger partial charge in [-0.05, 0) is 67.3 Å². The average molecular weight is 709 g/mol. The minimum atomic E-state index is -1.59. The number of para-hydroxylation sites is 1. The summed E-state index contributed by atoms with van der Waals surface area (Å²) in [6.45, 7) is 9.04. The average Bonchev–Trinajstić information content (AvgIpc) is 3.55. The second kappa shape index (κ2) is 18.5. The summed E-state index contributed by atoms with van der Waals surface area (Å²) < 4.78 is 0. The number of anilines is 2. The first kappa shape index (κ1) is 40.0. The van der Waals surface area contributed by atoms with Crippen molar-refractivity contribution in [2.24, 2.45) is 11.8 Å². The fraction of sp³-hybridized carbons (Fsp3) is 0.472. The normalized spacial score (nSPS) is 15.7. The molecule has 3 rings (SSSR count). The highest BCUT2D eigenvalue weighted by molar-refractivity contribution is 6.00. The van der Waals surface area contributed by atoms with Gasteiger partial charge < -0.3 is 41.7 Å². The summed E-state index contributed by atoms with van der Waals surface area (Å²) in [5, 5.41) is 32.2. The molecule has 0 aliphatic carbocycles. The van der Waals surface area contributed by atoms with Crippen molar-refractivity contribution in [1.29, 1.82) is 0 Å². The third-order valence-corrected chi connectivity index (χ3v) is 8.39. The summed E-state index contributed by atoms with van der Waals surface area (Å²) in [5.41, 5.74) is 2.66. The maximum atomic E-state index is 13.5. The van der Waals surface area contributed by atoms with Crippen LogP contribution >= 0.6 is 0 Å². The Balaban J connectivity index is 1.65. The van der Waals surface area contributed by atoms with E-state index in [9.17, 15) is 43.8 Å². The summed E-state index contributed by atoms with van der Waals surface area (Å²) in [6, 6.07) is 8.57. The summed E-state index contributed by atoms with van der Waals surface area (Å²) >= 11 is 0. The molecule has 1 heterocycles. The second-order valence-corrected chi connectivity index (χ2v) is 13.4. The molecule has 1 saturated heterocycles. The molecule has 0 aromatic heterocycles. The number of nitrogens with zero attached hydrogens (tertiary/aromatic N) is 1. The van der Waals surface area contributed by atoms with Gasteiger partial charge in [-0.15, -0.1) is 0 Å². The van der Waals surface area contributed by atoms with E-state index in [0.717, 1.165) is 5.56 Å². The Hall–Kier alpha value is -5.47. The fourth-order valence-corrected chi connectivity index (χ4v) is 5.73. The predicted molar refractivity (Wildman–Crippen MR) is 189 cm³/mol. The Labute approximate surface area is 296 Å². The molecule has 0 spiro atoms. The van der Waals surface area contributed by atoms with Crippen molar-refractivity contribution in [3.8, 4) is 0 Å². The first-order valence-corrected chi connectivity index (χ1v) is 16.9. The van der Waals surface area contributed by atoms with Gasteiger partial charge in [0.25, 0.3) is 0 Å². The highest BCUT2D eigenvalue weighted by Gasteiger charge is 2.40. The molecule has 6 amide bonds. The van der Waals surface area contributed by atoms with Gasteiger partial charge in [-0.2, -0.15) is 0 Å². The topological polar surface area (TPSA) is 223 Å². The Morgan fingerprint density at radius 3 is 2.06 bits per heavy atom. The molecule has 51 heavy (non-hydrogen) atoms. The highest BCUT2D eigenvalue weighted by Crippen LogP contribution is 2.21. The number of urea groups is 1. The van der Waals surface area contributed by atoms with E-state index in [1.165, 1.54) is 4.90 Å². The highest BCUT2D eigenvalue weighted by atomic mass is 16.4. The van der Waals surface area contributed by atoms with Crippen LogP contribution in [0.2, 0.25) is 0 Å². The van der Waals surface area contributed by atoms with E-state index in [1.54, 1.807) is 44.2 Å². The monoisotopic (exact) mass is 708 g/mol. The minimum Gasteiger partial charge on any atom is -0.481 e. The molecule has 2 aromatic rings. The van der Waals surface area contributed by atoms with Gasteiger partial charge in [-0.25, -0.2) is 9.59 Å². The number of amides is 6. The maximum Gasteiger partial charge on any atom is 0.326 e. The van der Waals surface area contributed by atoms with Crippen molar-refractivity contribution >= 4 is 53.0 Å². The van der Waals surface area contributed by atoms with E-state index in [-0.39, 0.29) is 31.7 Å². The number of aliphatic carboxylic acids is 2. The number of carbonyl (C=O) groups excluding carboxylic acids is 5. The lowest BCUT2D eigenvalue weighted by Crippen LogP contribution is -2.59. The first-order valence-electron chi connectivity index (χ1n) is 16.9. The van der Waals surface area contributed by atoms with Crippen LogP contribution in [0, 0.1) is 18.8 Å². The van der Waals surface area contributed by atoms with Crippen LogP contribution in [-0.2, 0) is 35.2 Å². The summed E-state index contributed by atoms with van der Waals surface area (Å²) in [6.07, 6.45) is 0.0256. The van der Waals surface area contributed by atoms with Crippen molar-refractivity contribution in [1.82, 2.24) is 20.9 Å². The van der Waals surface area contributed by atoms with Gasteiger partial charge in [0, 0.05) is 17.9 Å². The fourth-order valence-electron chi connectivity index (χ4n) is 5.73. The van der Waals surface area contributed by atoms with Crippen LogP contribution < -0.4 is 26.6 Å². The number of hydrogen-bond acceptors (Lipinski definition) is 7. The summed E-state index contributed by atoms with van der Waals surface area (Å²) in [5.74, 6) is -5.92. The van der Waals surface area contributed by atoms with Crippen LogP contribution in [0.5, 0.6) is 0 Å². The standard InChI is InChI=1S/C36H48N6O9/c1-20(2)17-26(38-29(43)18-23-12-14-24(15-13-23)37-36(51)40-25-10-7-6-9-22(25)5)32(46)39-27(19-30(44)45)33(47)41-31(21(3)4)34(48)42-16-8-11-28(42)35(49)50/h6-7,9-10,12-15,20-21,26-28,31H,8,11,16-19H2,1-5H3,(H,38,43)(H,39,46)(H,41,47)(H,44,45)(H,49,50)(H2,37,40,51)/t26-,27-,28+,31-/m0/s1. The van der Waals surface area contributed by atoms with Crippen LogP contribution in [0.3, 0.4) is 0 Å². The Kier molecular flexibility index (Phi) is 14.5. The van der Waals surface area contributed by atoms with E-state index in [2.05, 4.69) is 26.6 Å². The second-order valence-electron chi connectivity index (χ2n) is 13.4. The summed E-state index contributed by atoms with van der Waals surface area (Å²) in [4.78, 5) is 90.2. The molecule has 2 aromatic carbocycles. The molecule has 15 heteroatoms. The Morgan fingerprint density at radius 1 is 0.824 bits per heavy atom. The van der Waals surface area contributed by atoms with E-state index in [0.29, 0.717) is 23.4 Å². The van der Waals surface area contributed by atoms with Crippen molar-refractivity contribution < 1.29 is 43.8 Å². The number of benzene rings is 2. The number of carboxylic acid groups (broad SMARTS) is 2. The van der Waals surface area contributed by atoms with Gasteiger partial charge in [-0.3, -0.25) is 24.0 Å². The third kappa shape index (κ3) is 12.1. The lowest BCUT2D eigenvalue weighted by atomic mass is 10.00. The molecule has 0 bridgehead atoms. The van der Waals surface area contributed by atoms with Crippen LogP contribution in [0.4, 0.5) is 16.2 Å². The number of likely N-dealkylation sites (tertiary alicyclic amines) is 1. The molecule has 276 valence electrons. The number of nitrogens with one attached hydrogen (secondary N) is 5. The Morgan fingerprint density at radius 2 is 1.47 bits per heavy atom. The van der Waals surface area contributed by atoms with Crippen molar-refractivity contribution in [2.75, 3.05) is 17.2 Å². The smallest absolute Gasteiger partial charge is 0.326 e. The number of hydrogen-bond donors (Lipinski definition) is 7. The van der Waals surface area contributed by atoms with Crippen molar-refractivity contribution in [3.05, 3.63) is 59.7 Å². The van der Waals surface area contributed by atoms with Gasteiger partial charge in [0.15, 0.2) is 0 Å². The van der Waals surface area contributed by atoms with Crippen molar-refractivity contribution in [3.63, 3.8) is 0 Å². The van der Waals surface area contributed by atoms with E-state index in [4.69, 9.17) is 0 Å². The third-order valence-electron chi connectivity index (χ3n) is 8.39. The predicted octanol–water partition coefficient (Wildman–Crippen LogP) is 2.89. The maximum absolute atomic E-state index is 13.5. The number of carbonyl (C=O) groups is 7. The first-order chi connectivity index (χ1) is 24.0. The zero-order valence-electron chi connectivity index (χ0n) is 29.5. The number of rotatable bonds is 16. The molecule has 0 radical (unpaired) electrons. The zero-order chi connectivity index (χ0) is 37.8. The largest absolute Gasteiger partial charge is 0.481 e. The van der Waals surface area contributed by atoms with Gasteiger partial charge in [-0.1, -0.05) is 58.0 Å². The molecular weight excluding hydrogens is 660 g/mol. The molecule has 1 aliphatic rings. The number of carboxylic acids is 2. The molecule has 1 fully saturated rings. The lowest BCUT2D eigenvalue weighted by Gasteiger charge is -2.30. The molecule has 4 atom stereocenters. The Bertz CT molecular complexity index is 1590. The SMILES string of the molecule is Cc1ccccc1NC(=O)Nc1ccc(CC(=O)N[C@@H](CC(C)C)C(=O)N[C@@H](CC(=O)O)C(=O)N[C@H](C(=O)N2CCC[C@@H]2C(=O)O)C(C)C)cc1. The molecule has 1 aliphatic heterocycles. The van der Waals surface area contributed by atoms with Crippen LogP contribution in [-0.4, -0.2) is 87.4 Å². The lowest BCUT2D eigenvalue weighted by molar-refractivity contribution is -0.150. The van der Waals surface area contributed by atoms with Crippen LogP contribution in [0.1, 0.15) is 64.5 Å². The zero-order valence-corrected chi connectivity index (χ0v) is 29.5. The van der Waals surface area contributed by atoms with Crippen molar-refractivity contribution in [2.45, 2.75) is 90.9 Å². The number of aryl methyl sites for hydroxylation is 1. The van der Waals surface area contributed by atoms with Gasteiger partial charge in [0.1, 0.15) is 24.2 Å². The molecular formula is C36H48N6O9. The van der Waals surface area contributed by atoms with Gasteiger partial charge in [0.2, 0.25) is 23.6 Å². The van der Waals surface area contributed by atoms with Gasteiger partial charge in [0.05, 0.1) is 12.8 Å². The molecule has 7 N–H and O–H groups in total. The van der Waals surface area contributed by atoms with E-state index < -0.39 is 78.1 Å². The minimum absolute atomic E-state index is 0.0745. The van der Waals surface area contributed by atoms with E-state index in [1.807, 2.05) is 39.0 Å². The van der Waals surface area contributed by atoms with E-state index >= 15 is 0 Å². The van der Waals surface area contributed by atoms with Gasteiger partial charge >= 0.3 is 18.0 Å².